The van der Waals surface area contributed by atoms with Gasteiger partial charge in [0.2, 0.25) is 11.8 Å². The zero-order valence-electron chi connectivity index (χ0n) is 17.0. The number of aliphatic hydroxyl groups is 1. The molecule has 3 aliphatic rings. The SMILES string of the molecule is CC(C)=CCN1N=C(O[C@@H]2c3cc(C#N)ccc3OC(C)(C)[C@H]2O)[C@H]2C[C@H]2C1=O. The number of carbonyl (C=O) groups excluding carboxylic acids is 1. The number of benzene rings is 1. The Kier molecular flexibility index (Phi) is 4.62. The third kappa shape index (κ3) is 3.49. The minimum Gasteiger partial charge on any atom is -0.485 e. The van der Waals surface area contributed by atoms with E-state index in [1.165, 1.54) is 5.01 Å². The number of allylic oxidation sites excluding steroid dienone is 1. The summed E-state index contributed by atoms with van der Waals surface area (Å²) in [5.41, 5.74) is 1.31. The zero-order valence-corrected chi connectivity index (χ0v) is 17.0. The van der Waals surface area contributed by atoms with Crippen molar-refractivity contribution in [2.45, 2.75) is 51.9 Å². The van der Waals surface area contributed by atoms with Crippen molar-refractivity contribution in [3.63, 3.8) is 0 Å². The summed E-state index contributed by atoms with van der Waals surface area (Å²) in [6, 6.07) is 7.20. The van der Waals surface area contributed by atoms with Gasteiger partial charge in [-0.3, -0.25) is 4.79 Å². The first kappa shape index (κ1) is 19.5. The Bertz CT molecular complexity index is 955. The fourth-order valence-electron chi connectivity index (χ4n) is 3.76. The molecule has 1 aromatic carbocycles. The number of amides is 1. The summed E-state index contributed by atoms with van der Waals surface area (Å²) in [5.74, 6) is 0.895. The smallest absolute Gasteiger partial charge is 0.247 e. The molecule has 152 valence electrons. The molecule has 0 spiro atoms. The fraction of sp³-hybridized carbons (Fsp3) is 0.500. The van der Waals surface area contributed by atoms with Gasteiger partial charge >= 0.3 is 0 Å². The van der Waals surface area contributed by atoms with Gasteiger partial charge in [-0.15, -0.1) is 5.10 Å². The van der Waals surface area contributed by atoms with Crippen molar-refractivity contribution in [3.05, 3.63) is 41.0 Å². The van der Waals surface area contributed by atoms with Crippen molar-refractivity contribution in [2.75, 3.05) is 6.54 Å². The van der Waals surface area contributed by atoms with E-state index in [2.05, 4.69) is 11.2 Å². The minimum absolute atomic E-state index is 0.0138. The van der Waals surface area contributed by atoms with E-state index < -0.39 is 17.8 Å². The second kappa shape index (κ2) is 6.89. The molecule has 1 N–H and O–H groups in total. The summed E-state index contributed by atoms with van der Waals surface area (Å²) in [5, 5.41) is 26.1. The maximum atomic E-state index is 12.5. The summed E-state index contributed by atoms with van der Waals surface area (Å²) < 4.78 is 12.2. The van der Waals surface area contributed by atoms with E-state index in [-0.39, 0.29) is 17.7 Å². The van der Waals surface area contributed by atoms with Gasteiger partial charge in [0.15, 0.2) is 6.10 Å². The molecule has 1 aliphatic carbocycles. The third-order valence-electron chi connectivity index (χ3n) is 5.64. The van der Waals surface area contributed by atoms with Crippen LogP contribution in [0.3, 0.4) is 0 Å². The van der Waals surface area contributed by atoms with Crippen molar-refractivity contribution in [2.24, 2.45) is 16.9 Å². The first-order chi connectivity index (χ1) is 13.7. The maximum absolute atomic E-state index is 12.5. The van der Waals surface area contributed by atoms with Crippen molar-refractivity contribution in [3.8, 4) is 11.8 Å². The normalized spacial score (nSPS) is 28.9. The molecule has 0 saturated heterocycles. The van der Waals surface area contributed by atoms with Gasteiger partial charge < -0.3 is 14.6 Å². The van der Waals surface area contributed by atoms with E-state index in [9.17, 15) is 15.2 Å². The van der Waals surface area contributed by atoms with Crippen LogP contribution < -0.4 is 4.74 Å². The number of ether oxygens (including phenoxy) is 2. The highest BCUT2D eigenvalue weighted by atomic mass is 16.5. The number of hydrogen-bond acceptors (Lipinski definition) is 6. The third-order valence-corrected chi connectivity index (χ3v) is 5.64. The molecule has 7 nitrogen and oxygen atoms in total. The van der Waals surface area contributed by atoms with E-state index in [0.717, 1.165) is 5.57 Å². The van der Waals surface area contributed by atoms with Crippen LogP contribution in [0.1, 0.15) is 51.3 Å². The number of hydrogen-bond donors (Lipinski definition) is 1. The lowest BCUT2D eigenvalue weighted by Crippen LogP contribution is -2.50. The highest BCUT2D eigenvalue weighted by Gasteiger charge is 2.54. The van der Waals surface area contributed by atoms with Crippen LogP contribution >= 0.6 is 0 Å². The predicted octanol–water partition coefficient (Wildman–Crippen LogP) is 2.91. The Morgan fingerprint density at radius 2 is 2.21 bits per heavy atom. The number of carbonyl (C=O) groups is 1. The molecule has 29 heavy (non-hydrogen) atoms. The molecular weight excluding hydrogens is 370 g/mol. The van der Waals surface area contributed by atoms with Gasteiger partial charge in [0, 0.05) is 11.5 Å². The quantitative estimate of drug-likeness (QED) is 0.794. The van der Waals surface area contributed by atoms with Crippen molar-refractivity contribution < 1.29 is 19.4 Å². The largest absolute Gasteiger partial charge is 0.485 e. The van der Waals surface area contributed by atoms with Gasteiger partial charge in [-0.05, 0) is 52.3 Å². The van der Waals surface area contributed by atoms with E-state index in [4.69, 9.17) is 9.47 Å². The van der Waals surface area contributed by atoms with Crippen LogP contribution in [0, 0.1) is 23.2 Å². The number of aliphatic hydroxyl groups excluding tert-OH is 1. The average Bonchev–Trinajstić information content (AvgIpc) is 3.47. The van der Waals surface area contributed by atoms with Crippen molar-refractivity contribution in [1.29, 1.82) is 5.26 Å². The molecule has 1 fully saturated rings. The lowest BCUT2D eigenvalue weighted by atomic mass is 9.87. The Morgan fingerprint density at radius 3 is 2.90 bits per heavy atom. The topological polar surface area (TPSA) is 95.2 Å². The van der Waals surface area contributed by atoms with Crippen molar-refractivity contribution in [1.82, 2.24) is 5.01 Å². The van der Waals surface area contributed by atoms with Crippen LogP contribution in [0.2, 0.25) is 0 Å². The summed E-state index contributed by atoms with van der Waals surface area (Å²) in [4.78, 5) is 12.5. The van der Waals surface area contributed by atoms with Crippen LogP contribution in [0.5, 0.6) is 5.75 Å². The Labute approximate surface area is 170 Å². The van der Waals surface area contributed by atoms with Crippen LogP contribution in [0.4, 0.5) is 0 Å². The van der Waals surface area contributed by atoms with Crippen LogP contribution in [0.25, 0.3) is 0 Å². The van der Waals surface area contributed by atoms with Gasteiger partial charge in [-0.25, -0.2) is 5.01 Å². The highest BCUT2D eigenvalue weighted by Crippen LogP contribution is 2.48. The monoisotopic (exact) mass is 395 g/mol. The Hall–Kier alpha value is -2.85. The van der Waals surface area contributed by atoms with Crippen LogP contribution in [0.15, 0.2) is 34.9 Å². The second-order valence-corrected chi connectivity index (χ2v) is 8.64. The molecule has 2 heterocycles. The Morgan fingerprint density at radius 1 is 1.45 bits per heavy atom. The molecular formula is C22H25N3O4. The summed E-state index contributed by atoms with van der Waals surface area (Å²) in [6.45, 7) is 7.93. The van der Waals surface area contributed by atoms with E-state index in [1.54, 1.807) is 32.0 Å². The van der Waals surface area contributed by atoms with E-state index >= 15 is 0 Å². The standard InChI is InChI=1S/C22H25N3O4/c1-12(2)7-8-25-21(27)15-10-14(15)20(24-25)28-18-16-9-13(11-23)5-6-17(16)29-22(3,4)19(18)26/h5-7,9,14-15,18-19,26H,8,10H2,1-4H3/t14-,15+,18+,19-/m0/s1. The molecule has 1 aromatic rings. The lowest BCUT2D eigenvalue weighted by molar-refractivity contribution is -0.134. The van der Waals surface area contributed by atoms with Crippen LogP contribution in [-0.2, 0) is 9.53 Å². The molecule has 7 heteroatoms. The van der Waals surface area contributed by atoms with Gasteiger partial charge in [0.05, 0.1) is 24.1 Å². The Balaban J connectivity index is 1.67. The molecule has 0 unspecified atom stereocenters. The highest BCUT2D eigenvalue weighted by molar-refractivity contribution is 5.96. The molecule has 0 radical (unpaired) electrons. The van der Waals surface area contributed by atoms with Gasteiger partial charge in [0.1, 0.15) is 17.5 Å². The maximum Gasteiger partial charge on any atom is 0.247 e. The summed E-state index contributed by atoms with van der Waals surface area (Å²) >= 11 is 0. The van der Waals surface area contributed by atoms with E-state index in [1.807, 2.05) is 19.9 Å². The predicted molar refractivity (Wildman–Crippen MR) is 106 cm³/mol. The first-order valence-electron chi connectivity index (χ1n) is 9.82. The number of hydrazone groups is 1. The minimum atomic E-state index is -0.965. The fourth-order valence-corrected chi connectivity index (χ4v) is 3.76. The molecule has 1 saturated carbocycles. The average molecular weight is 395 g/mol. The molecule has 0 bridgehead atoms. The molecule has 0 aromatic heterocycles. The summed E-state index contributed by atoms with van der Waals surface area (Å²) in [7, 11) is 0. The number of nitriles is 1. The van der Waals surface area contributed by atoms with E-state index in [0.29, 0.717) is 35.7 Å². The van der Waals surface area contributed by atoms with Crippen LogP contribution in [-0.4, -0.2) is 40.2 Å². The first-order valence-corrected chi connectivity index (χ1v) is 9.82. The zero-order chi connectivity index (χ0) is 20.9. The van der Waals surface area contributed by atoms with Crippen molar-refractivity contribution >= 4 is 11.8 Å². The number of fused-ring (bicyclic) bond motifs is 2. The lowest BCUT2D eigenvalue weighted by Gasteiger charge is -2.42. The second-order valence-electron chi connectivity index (χ2n) is 8.64. The number of rotatable bonds is 3. The number of nitrogens with zero attached hydrogens (tertiary/aromatic N) is 3. The van der Waals surface area contributed by atoms with Gasteiger partial charge in [-0.2, -0.15) is 5.26 Å². The van der Waals surface area contributed by atoms with Gasteiger partial charge in [0.25, 0.3) is 0 Å². The van der Waals surface area contributed by atoms with Gasteiger partial charge in [-0.1, -0.05) is 11.6 Å². The molecule has 2 aliphatic heterocycles. The summed E-state index contributed by atoms with van der Waals surface area (Å²) in [6.07, 6.45) is 0.952. The molecule has 1 amide bonds. The molecule has 4 atom stereocenters. The molecule has 4 rings (SSSR count).